The van der Waals surface area contributed by atoms with Gasteiger partial charge in [-0.2, -0.15) is 0 Å². The Bertz CT molecular complexity index is 443. The molecule has 0 aliphatic heterocycles. The lowest BCUT2D eigenvalue weighted by atomic mass is 9.86. The Balaban J connectivity index is 2.16. The molecule has 0 bridgehead atoms. The van der Waals surface area contributed by atoms with Crippen molar-refractivity contribution in [1.82, 2.24) is 0 Å². The molecule has 104 valence electrons. The van der Waals surface area contributed by atoms with Gasteiger partial charge in [-0.3, -0.25) is 4.79 Å². The van der Waals surface area contributed by atoms with E-state index in [4.69, 9.17) is 0 Å². The van der Waals surface area contributed by atoms with E-state index in [2.05, 4.69) is 0 Å². The number of carbonyl (C=O) groups excluding carboxylic acids is 1. The zero-order valence-corrected chi connectivity index (χ0v) is 10.8. The van der Waals surface area contributed by atoms with Gasteiger partial charge in [0.2, 0.25) is 0 Å². The average Bonchev–Trinajstić information content (AvgIpc) is 2.60. The lowest BCUT2D eigenvalue weighted by Gasteiger charge is -2.25. The topological polar surface area (TPSA) is 37.3 Å². The van der Waals surface area contributed by atoms with E-state index in [-0.39, 0.29) is 12.0 Å². The molecule has 0 radical (unpaired) electrons. The van der Waals surface area contributed by atoms with Gasteiger partial charge in [0.1, 0.15) is 17.2 Å². The first kappa shape index (κ1) is 14.1. The number of rotatable bonds is 3. The Morgan fingerprint density at radius 2 is 1.63 bits per heavy atom. The summed E-state index contributed by atoms with van der Waals surface area (Å²) in [5, 5.41) is 10.4. The van der Waals surface area contributed by atoms with Gasteiger partial charge in [0.25, 0.3) is 0 Å². The van der Waals surface area contributed by atoms with Crippen LogP contribution >= 0.6 is 0 Å². The summed E-state index contributed by atoms with van der Waals surface area (Å²) in [7, 11) is 0. The number of halogens is 2. The summed E-state index contributed by atoms with van der Waals surface area (Å²) in [6.45, 7) is 0. The molecule has 1 fully saturated rings. The smallest absolute Gasteiger partial charge is 0.168 e. The second kappa shape index (κ2) is 5.78. The highest BCUT2D eigenvalue weighted by Gasteiger charge is 2.36. The van der Waals surface area contributed by atoms with Crippen LogP contribution in [0.2, 0.25) is 0 Å². The van der Waals surface area contributed by atoms with Crippen LogP contribution in [0.3, 0.4) is 0 Å². The molecule has 1 aliphatic carbocycles. The monoisotopic (exact) mass is 268 g/mol. The van der Waals surface area contributed by atoms with E-state index in [9.17, 15) is 18.7 Å². The largest absolute Gasteiger partial charge is 0.382 e. The van der Waals surface area contributed by atoms with Gasteiger partial charge in [0.15, 0.2) is 5.78 Å². The van der Waals surface area contributed by atoms with Crippen LogP contribution in [0.1, 0.15) is 44.1 Å². The van der Waals surface area contributed by atoms with E-state index < -0.39 is 23.0 Å². The zero-order valence-electron chi connectivity index (χ0n) is 10.8. The maximum atomic E-state index is 13.5. The lowest BCUT2D eigenvalue weighted by molar-refractivity contribution is -0.138. The van der Waals surface area contributed by atoms with Crippen molar-refractivity contribution in [2.24, 2.45) is 0 Å². The molecule has 0 saturated heterocycles. The van der Waals surface area contributed by atoms with Crippen LogP contribution in [0.4, 0.5) is 8.78 Å². The molecule has 0 heterocycles. The Kier molecular flexibility index (Phi) is 4.30. The molecule has 1 saturated carbocycles. The standard InChI is InChI=1S/C15H18F2O2/c16-12-6-5-7-13(17)11(12)10-14(18)15(19)8-3-1-2-4-9-15/h5-7,19H,1-4,8-10H2. The van der Waals surface area contributed by atoms with Gasteiger partial charge < -0.3 is 5.11 Å². The Labute approximate surface area is 111 Å². The first-order valence-electron chi connectivity index (χ1n) is 6.71. The van der Waals surface area contributed by atoms with Crippen molar-refractivity contribution in [2.45, 2.75) is 50.5 Å². The van der Waals surface area contributed by atoms with Crippen LogP contribution in [0.15, 0.2) is 18.2 Å². The molecule has 1 aromatic rings. The molecule has 0 aromatic heterocycles. The zero-order chi connectivity index (χ0) is 13.9. The minimum atomic E-state index is -1.41. The van der Waals surface area contributed by atoms with Crippen molar-refractivity contribution in [1.29, 1.82) is 0 Å². The van der Waals surface area contributed by atoms with Crippen molar-refractivity contribution >= 4 is 5.78 Å². The first-order valence-corrected chi connectivity index (χ1v) is 6.71. The van der Waals surface area contributed by atoms with Crippen LogP contribution in [0.25, 0.3) is 0 Å². The molecule has 0 unspecified atom stereocenters. The molecule has 0 amide bonds. The second-order valence-corrected chi connectivity index (χ2v) is 5.25. The molecule has 19 heavy (non-hydrogen) atoms. The highest BCUT2D eigenvalue weighted by Crippen LogP contribution is 2.29. The normalized spacial score (nSPS) is 18.9. The molecule has 1 aromatic carbocycles. The van der Waals surface area contributed by atoms with Crippen molar-refractivity contribution in [3.8, 4) is 0 Å². The van der Waals surface area contributed by atoms with Crippen LogP contribution in [-0.2, 0) is 11.2 Å². The van der Waals surface area contributed by atoms with Crippen LogP contribution in [-0.4, -0.2) is 16.5 Å². The van der Waals surface area contributed by atoms with Crippen LogP contribution < -0.4 is 0 Å². The summed E-state index contributed by atoms with van der Waals surface area (Å²) in [6, 6.07) is 3.52. The number of Topliss-reactive ketones (excluding diaryl/α,β-unsaturated/α-hetero) is 1. The molecule has 2 rings (SSSR count). The van der Waals surface area contributed by atoms with Crippen LogP contribution in [0.5, 0.6) is 0 Å². The predicted molar refractivity (Wildman–Crippen MR) is 67.7 cm³/mol. The number of carbonyl (C=O) groups is 1. The third-order valence-corrected chi connectivity index (χ3v) is 3.85. The Morgan fingerprint density at radius 1 is 1.11 bits per heavy atom. The number of ketones is 1. The van der Waals surface area contributed by atoms with Gasteiger partial charge in [0, 0.05) is 12.0 Å². The van der Waals surface area contributed by atoms with Crippen molar-refractivity contribution < 1.29 is 18.7 Å². The summed E-state index contributed by atoms with van der Waals surface area (Å²) >= 11 is 0. The fourth-order valence-electron chi connectivity index (χ4n) is 2.62. The number of aliphatic hydroxyl groups is 1. The fourth-order valence-corrected chi connectivity index (χ4v) is 2.62. The molecule has 1 aliphatic rings. The summed E-state index contributed by atoms with van der Waals surface area (Å²) in [6.07, 6.45) is 3.94. The van der Waals surface area contributed by atoms with Gasteiger partial charge in [-0.1, -0.05) is 31.7 Å². The highest BCUT2D eigenvalue weighted by atomic mass is 19.1. The fraction of sp³-hybridized carbons (Fsp3) is 0.533. The predicted octanol–water partition coefficient (Wildman–Crippen LogP) is 3.16. The van der Waals surface area contributed by atoms with Crippen LogP contribution in [0, 0.1) is 11.6 Å². The summed E-state index contributed by atoms with van der Waals surface area (Å²) in [5.41, 5.74) is -1.66. The van der Waals surface area contributed by atoms with Gasteiger partial charge in [-0.25, -0.2) is 8.78 Å². The molecule has 0 spiro atoms. The summed E-state index contributed by atoms with van der Waals surface area (Å²) < 4.78 is 27.0. The molecule has 4 heteroatoms. The first-order chi connectivity index (χ1) is 9.03. The maximum Gasteiger partial charge on any atom is 0.168 e. The Morgan fingerprint density at radius 3 is 2.16 bits per heavy atom. The van der Waals surface area contributed by atoms with E-state index in [0.29, 0.717) is 12.8 Å². The van der Waals surface area contributed by atoms with E-state index in [1.165, 1.54) is 6.07 Å². The average molecular weight is 268 g/mol. The molecule has 2 nitrogen and oxygen atoms in total. The van der Waals surface area contributed by atoms with E-state index in [1.807, 2.05) is 0 Å². The summed E-state index contributed by atoms with van der Waals surface area (Å²) in [4.78, 5) is 12.2. The SMILES string of the molecule is O=C(Cc1c(F)cccc1F)C1(O)CCCCCC1. The number of hydrogen-bond donors (Lipinski definition) is 1. The third kappa shape index (κ3) is 3.18. The van der Waals surface area contributed by atoms with E-state index in [1.54, 1.807) is 0 Å². The van der Waals surface area contributed by atoms with E-state index in [0.717, 1.165) is 37.8 Å². The van der Waals surface area contributed by atoms with Gasteiger partial charge in [0.05, 0.1) is 0 Å². The minimum Gasteiger partial charge on any atom is -0.382 e. The number of benzene rings is 1. The lowest BCUT2D eigenvalue weighted by Crippen LogP contribution is -2.39. The van der Waals surface area contributed by atoms with E-state index >= 15 is 0 Å². The van der Waals surface area contributed by atoms with Crippen molar-refractivity contribution in [2.75, 3.05) is 0 Å². The molecular weight excluding hydrogens is 250 g/mol. The molecule has 0 atom stereocenters. The molecule has 1 N–H and O–H groups in total. The van der Waals surface area contributed by atoms with Crippen molar-refractivity contribution in [3.05, 3.63) is 35.4 Å². The maximum absolute atomic E-state index is 13.5. The quantitative estimate of drug-likeness (QED) is 0.855. The Hall–Kier alpha value is -1.29. The molecular formula is C15H18F2O2. The summed E-state index contributed by atoms with van der Waals surface area (Å²) in [5.74, 6) is -1.94. The van der Waals surface area contributed by atoms with Crippen molar-refractivity contribution in [3.63, 3.8) is 0 Å². The minimum absolute atomic E-state index is 0.245. The number of hydrogen-bond acceptors (Lipinski definition) is 2. The van der Waals surface area contributed by atoms with Gasteiger partial charge in [-0.15, -0.1) is 0 Å². The second-order valence-electron chi connectivity index (χ2n) is 5.25. The van der Waals surface area contributed by atoms with Gasteiger partial charge >= 0.3 is 0 Å². The third-order valence-electron chi connectivity index (χ3n) is 3.85. The van der Waals surface area contributed by atoms with Gasteiger partial charge in [-0.05, 0) is 25.0 Å². The highest BCUT2D eigenvalue weighted by molar-refractivity contribution is 5.89.